The van der Waals surface area contributed by atoms with Crippen LogP contribution in [-0.4, -0.2) is 15.8 Å². The molecule has 116 valence electrons. The van der Waals surface area contributed by atoms with Gasteiger partial charge in [0.2, 0.25) is 5.91 Å². The van der Waals surface area contributed by atoms with Gasteiger partial charge in [-0.15, -0.1) is 11.3 Å². The first-order valence-corrected chi connectivity index (χ1v) is 7.73. The van der Waals surface area contributed by atoms with Gasteiger partial charge in [-0.2, -0.15) is 0 Å². The Morgan fingerprint density at radius 3 is 2.70 bits per heavy atom. The van der Waals surface area contributed by atoms with E-state index in [-0.39, 0.29) is 18.0 Å². The number of amides is 1. The van der Waals surface area contributed by atoms with Gasteiger partial charge in [0, 0.05) is 17.8 Å². The largest absolute Gasteiger partial charge is 0.326 e. The molecule has 23 heavy (non-hydrogen) atoms. The molecular weight excluding hydrogens is 314 g/mol. The SMILES string of the molecule is Cc1nc2ccc(NC(=O)Cc3ccc([N+](=O)[O-])cc3)cc2s1. The van der Waals surface area contributed by atoms with Crippen molar-refractivity contribution in [3.05, 3.63) is 63.1 Å². The van der Waals surface area contributed by atoms with Gasteiger partial charge in [0.1, 0.15) is 0 Å². The lowest BCUT2D eigenvalue weighted by molar-refractivity contribution is -0.384. The number of anilines is 1. The number of non-ortho nitro benzene ring substituents is 1. The number of hydrogen-bond donors (Lipinski definition) is 1. The number of nitrogens with zero attached hydrogens (tertiary/aromatic N) is 2. The van der Waals surface area contributed by atoms with Gasteiger partial charge in [0.15, 0.2) is 0 Å². The van der Waals surface area contributed by atoms with E-state index in [2.05, 4.69) is 10.3 Å². The number of nitro benzene ring substituents is 1. The Hall–Kier alpha value is -2.80. The van der Waals surface area contributed by atoms with Gasteiger partial charge in [-0.25, -0.2) is 4.98 Å². The predicted molar refractivity (Wildman–Crippen MR) is 89.8 cm³/mol. The van der Waals surface area contributed by atoms with Gasteiger partial charge in [0.25, 0.3) is 5.69 Å². The van der Waals surface area contributed by atoms with Crippen LogP contribution >= 0.6 is 11.3 Å². The molecule has 3 aromatic rings. The van der Waals surface area contributed by atoms with Gasteiger partial charge in [-0.05, 0) is 30.7 Å². The highest BCUT2D eigenvalue weighted by Gasteiger charge is 2.09. The zero-order valence-electron chi connectivity index (χ0n) is 12.3. The minimum absolute atomic E-state index is 0.0141. The molecular formula is C16H13N3O3S. The van der Waals surface area contributed by atoms with E-state index in [0.29, 0.717) is 5.69 Å². The number of thiazole rings is 1. The van der Waals surface area contributed by atoms with Crippen molar-refractivity contribution in [1.82, 2.24) is 4.98 Å². The molecule has 0 bridgehead atoms. The Kier molecular flexibility index (Phi) is 4.03. The lowest BCUT2D eigenvalue weighted by atomic mass is 10.1. The molecule has 1 N–H and O–H groups in total. The maximum absolute atomic E-state index is 12.1. The summed E-state index contributed by atoms with van der Waals surface area (Å²) in [4.78, 5) is 26.6. The molecule has 1 amide bonds. The van der Waals surface area contributed by atoms with Crippen molar-refractivity contribution in [2.75, 3.05) is 5.32 Å². The Bertz CT molecular complexity index is 887. The van der Waals surface area contributed by atoms with Crippen molar-refractivity contribution in [2.24, 2.45) is 0 Å². The zero-order valence-corrected chi connectivity index (χ0v) is 13.1. The van der Waals surface area contributed by atoms with E-state index in [0.717, 1.165) is 20.8 Å². The number of aromatic nitrogens is 1. The van der Waals surface area contributed by atoms with Crippen molar-refractivity contribution in [3.8, 4) is 0 Å². The van der Waals surface area contributed by atoms with Crippen LogP contribution in [0.1, 0.15) is 10.6 Å². The maximum atomic E-state index is 12.1. The molecule has 1 heterocycles. The summed E-state index contributed by atoms with van der Waals surface area (Å²) in [6.45, 7) is 1.94. The molecule has 0 saturated carbocycles. The summed E-state index contributed by atoms with van der Waals surface area (Å²) in [5.74, 6) is -0.167. The van der Waals surface area contributed by atoms with Crippen molar-refractivity contribution in [2.45, 2.75) is 13.3 Å². The first-order chi connectivity index (χ1) is 11.0. The molecule has 0 spiro atoms. The van der Waals surface area contributed by atoms with E-state index in [9.17, 15) is 14.9 Å². The second-order valence-corrected chi connectivity index (χ2v) is 6.30. The highest BCUT2D eigenvalue weighted by atomic mass is 32.1. The Balaban J connectivity index is 1.69. The fourth-order valence-corrected chi connectivity index (χ4v) is 3.11. The molecule has 0 radical (unpaired) electrons. The van der Waals surface area contributed by atoms with Gasteiger partial charge in [0.05, 0.1) is 26.6 Å². The van der Waals surface area contributed by atoms with Crippen LogP contribution in [0.2, 0.25) is 0 Å². The van der Waals surface area contributed by atoms with E-state index in [4.69, 9.17) is 0 Å². The number of rotatable bonds is 4. The smallest absolute Gasteiger partial charge is 0.269 e. The summed E-state index contributed by atoms with van der Waals surface area (Å²) in [5, 5.41) is 14.4. The third kappa shape index (κ3) is 3.51. The van der Waals surface area contributed by atoms with Crippen LogP contribution < -0.4 is 5.32 Å². The first-order valence-electron chi connectivity index (χ1n) is 6.91. The second kappa shape index (κ2) is 6.13. The van der Waals surface area contributed by atoms with E-state index in [1.165, 1.54) is 12.1 Å². The Morgan fingerprint density at radius 1 is 1.26 bits per heavy atom. The zero-order chi connectivity index (χ0) is 16.4. The standard InChI is InChI=1S/C16H13N3O3S/c1-10-17-14-7-4-12(9-15(14)23-10)18-16(20)8-11-2-5-13(6-3-11)19(21)22/h2-7,9H,8H2,1H3,(H,18,20). The molecule has 7 heteroatoms. The number of aryl methyl sites for hydroxylation is 1. The number of nitrogens with one attached hydrogen (secondary N) is 1. The molecule has 2 aromatic carbocycles. The topological polar surface area (TPSA) is 85.1 Å². The van der Waals surface area contributed by atoms with Crippen molar-refractivity contribution in [3.63, 3.8) is 0 Å². The Labute approximate surface area is 135 Å². The lowest BCUT2D eigenvalue weighted by Gasteiger charge is -2.05. The fraction of sp³-hybridized carbons (Fsp3) is 0.125. The molecule has 6 nitrogen and oxygen atoms in total. The molecule has 3 rings (SSSR count). The van der Waals surface area contributed by atoms with Crippen LogP contribution in [0.15, 0.2) is 42.5 Å². The third-order valence-corrected chi connectivity index (χ3v) is 4.22. The maximum Gasteiger partial charge on any atom is 0.269 e. The second-order valence-electron chi connectivity index (χ2n) is 5.06. The summed E-state index contributed by atoms with van der Waals surface area (Å²) in [6.07, 6.45) is 0.164. The van der Waals surface area contributed by atoms with Gasteiger partial charge in [-0.3, -0.25) is 14.9 Å². The average Bonchev–Trinajstić information content (AvgIpc) is 2.87. The van der Waals surface area contributed by atoms with Crippen molar-refractivity contribution in [1.29, 1.82) is 0 Å². The molecule has 0 aliphatic rings. The number of carbonyl (C=O) groups excluding carboxylic acids is 1. The van der Waals surface area contributed by atoms with Gasteiger partial charge >= 0.3 is 0 Å². The summed E-state index contributed by atoms with van der Waals surface area (Å²) >= 11 is 1.58. The summed E-state index contributed by atoms with van der Waals surface area (Å²) < 4.78 is 1.02. The predicted octanol–water partition coefficient (Wildman–Crippen LogP) is 3.69. The van der Waals surface area contributed by atoms with Crippen molar-refractivity contribution < 1.29 is 9.72 Å². The summed E-state index contributed by atoms with van der Waals surface area (Å²) in [5.41, 5.74) is 2.37. The highest BCUT2D eigenvalue weighted by molar-refractivity contribution is 7.18. The Morgan fingerprint density at radius 2 is 2.00 bits per heavy atom. The van der Waals surface area contributed by atoms with Crippen LogP contribution in [0.3, 0.4) is 0 Å². The van der Waals surface area contributed by atoms with Crippen LogP contribution in [0.5, 0.6) is 0 Å². The molecule has 0 aliphatic heterocycles. The molecule has 0 fully saturated rings. The number of fused-ring (bicyclic) bond motifs is 1. The minimum atomic E-state index is -0.462. The van der Waals surface area contributed by atoms with Gasteiger partial charge in [-0.1, -0.05) is 12.1 Å². The molecule has 0 aliphatic carbocycles. The van der Waals surface area contributed by atoms with Gasteiger partial charge < -0.3 is 5.32 Å². The summed E-state index contributed by atoms with van der Waals surface area (Å²) in [6, 6.07) is 11.6. The van der Waals surface area contributed by atoms with E-state index >= 15 is 0 Å². The molecule has 0 atom stereocenters. The molecule has 0 unspecified atom stereocenters. The third-order valence-electron chi connectivity index (χ3n) is 3.29. The fourth-order valence-electron chi connectivity index (χ4n) is 2.24. The summed E-state index contributed by atoms with van der Waals surface area (Å²) in [7, 11) is 0. The van der Waals surface area contributed by atoms with Crippen LogP contribution in [0.4, 0.5) is 11.4 Å². The van der Waals surface area contributed by atoms with E-state index < -0.39 is 4.92 Å². The number of hydrogen-bond acceptors (Lipinski definition) is 5. The van der Waals surface area contributed by atoms with Crippen LogP contribution in [-0.2, 0) is 11.2 Å². The number of benzene rings is 2. The average molecular weight is 327 g/mol. The van der Waals surface area contributed by atoms with E-state index in [1.54, 1.807) is 23.5 Å². The number of nitro groups is 1. The highest BCUT2D eigenvalue weighted by Crippen LogP contribution is 2.24. The quantitative estimate of drug-likeness (QED) is 0.585. The normalized spacial score (nSPS) is 10.7. The molecule has 1 aromatic heterocycles. The first kappa shape index (κ1) is 15.1. The van der Waals surface area contributed by atoms with Crippen molar-refractivity contribution >= 4 is 38.8 Å². The van der Waals surface area contributed by atoms with E-state index in [1.807, 2.05) is 25.1 Å². The monoisotopic (exact) mass is 327 g/mol. The lowest BCUT2D eigenvalue weighted by Crippen LogP contribution is -2.14. The molecule has 0 saturated heterocycles. The minimum Gasteiger partial charge on any atom is -0.326 e. The number of carbonyl (C=O) groups is 1. The van der Waals surface area contributed by atoms with Crippen LogP contribution in [0.25, 0.3) is 10.2 Å². The van der Waals surface area contributed by atoms with Crippen LogP contribution in [0, 0.1) is 17.0 Å².